The van der Waals surface area contributed by atoms with Crippen molar-refractivity contribution in [1.82, 2.24) is 10.3 Å². The summed E-state index contributed by atoms with van der Waals surface area (Å²) in [5.74, 6) is 0. The maximum atomic E-state index is 4.39. The number of nitrogens with one attached hydrogen (secondary N) is 1. The Morgan fingerprint density at radius 2 is 2.18 bits per heavy atom. The van der Waals surface area contributed by atoms with Gasteiger partial charge in [-0.3, -0.25) is 4.98 Å². The first-order chi connectivity index (χ1) is 8.02. The van der Waals surface area contributed by atoms with Crippen molar-refractivity contribution in [2.45, 2.75) is 33.2 Å². The molecule has 0 aliphatic carbocycles. The number of halogens is 2. The first kappa shape index (κ1) is 14.9. The smallest absolute Gasteiger partial charge is 0.0772 e. The SMILES string of the molecule is CCC(=Cc1ncc(Br)cc1Br)CNC(C)C. The van der Waals surface area contributed by atoms with Crippen LogP contribution < -0.4 is 5.32 Å². The summed E-state index contributed by atoms with van der Waals surface area (Å²) in [5, 5.41) is 3.43. The molecule has 0 radical (unpaired) electrons. The summed E-state index contributed by atoms with van der Waals surface area (Å²) in [4.78, 5) is 4.39. The molecule has 0 fully saturated rings. The van der Waals surface area contributed by atoms with Crippen LogP contribution in [0, 0.1) is 0 Å². The van der Waals surface area contributed by atoms with Crippen LogP contribution in [0.5, 0.6) is 0 Å². The molecule has 0 saturated heterocycles. The first-order valence-electron chi connectivity index (χ1n) is 5.76. The van der Waals surface area contributed by atoms with Crippen molar-refractivity contribution in [2.24, 2.45) is 0 Å². The number of nitrogens with zero attached hydrogens (tertiary/aromatic N) is 1. The third-order valence-electron chi connectivity index (χ3n) is 2.37. The Labute approximate surface area is 120 Å². The Morgan fingerprint density at radius 3 is 2.71 bits per heavy atom. The highest BCUT2D eigenvalue weighted by atomic mass is 79.9. The molecule has 4 heteroatoms. The monoisotopic (exact) mass is 360 g/mol. The molecular weight excluding hydrogens is 344 g/mol. The van der Waals surface area contributed by atoms with E-state index in [9.17, 15) is 0 Å². The van der Waals surface area contributed by atoms with Crippen molar-refractivity contribution >= 4 is 37.9 Å². The molecule has 17 heavy (non-hydrogen) atoms. The van der Waals surface area contributed by atoms with E-state index < -0.39 is 0 Å². The average Bonchev–Trinajstić information content (AvgIpc) is 2.26. The molecule has 2 nitrogen and oxygen atoms in total. The highest BCUT2D eigenvalue weighted by molar-refractivity contribution is 9.11. The van der Waals surface area contributed by atoms with Crippen LogP contribution in [-0.2, 0) is 0 Å². The molecule has 94 valence electrons. The molecule has 1 aromatic rings. The quantitative estimate of drug-likeness (QED) is 0.840. The van der Waals surface area contributed by atoms with Gasteiger partial charge in [0.25, 0.3) is 0 Å². The Bertz CT molecular complexity index is 400. The fraction of sp³-hybridized carbons (Fsp3) is 0.462. The van der Waals surface area contributed by atoms with Crippen molar-refractivity contribution in [3.8, 4) is 0 Å². The fourth-order valence-corrected chi connectivity index (χ4v) is 2.44. The van der Waals surface area contributed by atoms with Gasteiger partial charge in [0.15, 0.2) is 0 Å². The third-order valence-corrected chi connectivity index (χ3v) is 3.44. The molecule has 0 saturated carbocycles. The van der Waals surface area contributed by atoms with Gasteiger partial charge in [-0.1, -0.05) is 26.3 Å². The Kier molecular flexibility index (Phi) is 6.38. The number of rotatable bonds is 5. The minimum atomic E-state index is 0.506. The van der Waals surface area contributed by atoms with Gasteiger partial charge in [-0.2, -0.15) is 0 Å². The van der Waals surface area contributed by atoms with Crippen molar-refractivity contribution in [2.75, 3.05) is 6.54 Å². The molecular formula is C13H18Br2N2. The zero-order valence-electron chi connectivity index (χ0n) is 10.4. The molecule has 1 N–H and O–H groups in total. The molecule has 1 aromatic heterocycles. The van der Waals surface area contributed by atoms with Crippen molar-refractivity contribution in [1.29, 1.82) is 0 Å². The first-order valence-corrected chi connectivity index (χ1v) is 7.35. The third kappa shape index (κ3) is 5.32. The van der Waals surface area contributed by atoms with E-state index in [2.05, 4.69) is 69.0 Å². The summed E-state index contributed by atoms with van der Waals surface area (Å²) in [6, 6.07) is 2.52. The molecule has 0 spiro atoms. The molecule has 1 heterocycles. The van der Waals surface area contributed by atoms with Gasteiger partial charge in [-0.25, -0.2) is 0 Å². The molecule has 0 bridgehead atoms. The van der Waals surface area contributed by atoms with Crippen LogP contribution in [-0.4, -0.2) is 17.6 Å². The largest absolute Gasteiger partial charge is 0.311 e. The molecule has 0 aromatic carbocycles. The van der Waals surface area contributed by atoms with Gasteiger partial charge in [0, 0.05) is 27.7 Å². The van der Waals surface area contributed by atoms with E-state index in [0.29, 0.717) is 6.04 Å². The molecule has 0 atom stereocenters. The van der Waals surface area contributed by atoms with Crippen LogP contribution in [0.2, 0.25) is 0 Å². The predicted molar refractivity (Wildman–Crippen MR) is 81.0 cm³/mol. The summed E-state index contributed by atoms with van der Waals surface area (Å²) in [7, 11) is 0. The van der Waals surface area contributed by atoms with Gasteiger partial charge >= 0.3 is 0 Å². The number of hydrogen-bond acceptors (Lipinski definition) is 2. The zero-order chi connectivity index (χ0) is 12.8. The summed E-state index contributed by atoms with van der Waals surface area (Å²) < 4.78 is 2.00. The molecule has 0 amide bonds. The standard InChI is InChI=1S/C13H18Br2N2/c1-4-10(7-16-9(2)3)5-13-12(15)6-11(14)8-17-13/h5-6,8-9,16H,4,7H2,1-3H3. The van der Waals surface area contributed by atoms with Gasteiger partial charge in [-0.05, 0) is 50.4 Å². The molecule has 0 aliphatic heterocycles. The van der Waals surface area contributed by atoms with Crippen molar-refractivity contribution < 1.29 is 0 Å². The topological polar surface area (TPSA) is 24.9 Å². The van der Waals surface area contributed by atoms with Crippen LogP contribution in [0.15, 0.2) is 26.8 Å². The Balaban J connectivity index is 2.82. The second kappa shape index (κ2) is 7.29. The van der Waals surface area contributed by atoms with Crippen LogP contribution in [0.1, 0.15) is 32.9 Å². The van der Waals surface area contributed by atoms with E-state index in [4.69, 9.17) is 0 Å². The lowest BCUT2D eigenvalue weighted by Crippen LogP contribution is -2.24. The van der Waals surface area contributed by atoms with E-state index in [-0.39, 0.29) is 0 Å². The van der Waals surface area contributed by atoms with E-state index in [1.807, 2.05) is 12.3 Å². The summed E-state index contributed by atoms with van der Waals surface area (Å²) in [6.07, 6.45) is 5.00. The molecule has 0 aliphatic rings. The van der Waals surface area contributed by atoms with Crippen LogP contribution >= 0.6 is 31.9 Å². The highest BCUT2D eigenvalue weighted by Gasteiger charge is 2.02. The Hall–Kier alpha value is -0.190. The van der Waals surface area contributed by atoms with Gasteiger partial charge < -0.3 is 5.32 Å². The van der Waals surface area contributed by atoms with E-state index in [1.165, 1.54) is 5.57 Å². The second-order valence-electron chi connectivity index (χ2n) is 4.21. The number of aromatic nitrogens is 1. The number of pyridine rings is 1. The van der Waals surface area contributed by atoms with Gasteiger partial charge in [0.1, 0.15) is 0 Å². The molecule has 0 unspecified atom stereocenters. The van der Waals surface area contributed by atoms with Gasteiger partial charge in [0.2, 0.25) is 0 Å². The minimum Gasteiger partial charge on any atom is -0.311 e. The number of hydrogen-bond donors (Lipinski definition) is 1. The van der Waals surface area contributed by atoms with E-state index in [0.717, 1.165) is 27.6 Å². The van der Waals surface area contributed by atoms with Gasteiger partial charge in [-0.15, -0.1) is 0 Å². The predicted octanol–water partition coefficient (Wildman–Crippen LogP) is 4.40. The lowest BCUT2D eigenvalue weighted by Gasteiger charge is -2.10. The fourth-order valence-electron chi connectivity index (χ4n) is 1.34. The van der Waals surface area contributed by atoms with Gasteiger partial charge in [0.05, 0.1) is 5.69 Å². The lowest BCUT2D eigenvalue weighted by molar-refractivity contribution is 0.617. The van der Waals surface area contributed by atoms with Crippen LogP contribution in [0.4, 0.5) is 0 Å². The lowest BCUT2D eigenvalue weighted by atomic mass is 10.1. The van der Waals surface area contributed by atoms with Crippen molar-refractivity contribution in [3.63, 3.8) is 0 Å². The van der Waals surface area contributed by atoms with Crippen molar-refractivity contribution in [3.05, 3.63) is 32.5 Å². The minimum absolute atomic E-state index is 0.506. The maximum absolute atomic E-state index is 4.39. The second-order valence-corrected chi connectivity index (χ2v) is 5.98. The summed E-state index contributed by atoms with van der Waals surface area (Å²) >= 11 is 6.93. The highest BCUT2D eigenvalue weighted by Crippen LogP contribution is 2.22. The van der Waals surface area contributed by atoms with Crippen LogP contribution in [0.3, 0.4) is 0 Å². The van der Waals surface area contributed by atoms with E-state index >= 15 is 0 Å². The molecule has 1 rings (SSSR count). The Morgan fingerprint density at radius 1 is 1.47 bits per heavy atom. The average molecular weight is 362 g/mol. The van der Waals surface area contributed by atoms with Crippen LogP contribution in [0.25, 0.3) is 6.08 Å². The summed E-state index contributed by atoms with van der Waals surface area (Å²) in [6.45, 7) is 7.39. The zero-order valence-corrected chi connectivity index (χ0v) is 13.6. The summed E-state index contributed by atoms with van der Waals surface area (Å²) in [5.41, 5.74) is 2.34. The maximum Gasteiger partial charge on any atom is 0.0772 e. The normalized spacial score (nSPS) is 12.2. The van der Waals surface area contributed by atoms with E-state index in [1.54, 1.807) is 0 Å².